The zero-order valence-electron chi connectivity index (χ0n) is 10.8. The van der Waals surface area contributed by atoms with Gasteiger partial charge in [0, 0.05) is 9.86 Å². The zero-order valence-corrected chi connectivity index (χ0v) is 12.4. The fourth-order valence-corrected chi connectivity index (χ4v) is 2.74. The van der Waals surface area contributed by atoms with Crippen molar-refractivity contribution in [3.63, 3.8) is 0 Å². The van der Waals surface area contributed by atoms with Gasteiger partial charge in [0.2, 0.25) is 0 Å². The van der Waals surface area contributed by atoms with Crippen LogP contribution in [0.25, 0.3) is 10.9 Å². The van der Waals surface area contributed by atoms with Gasteiger partial charge in [0.15, 0.2) is 0 Å². The monoisotopic (exact) mass is 329 g/mol. The van der Waals surface area contributed by atoms with E-state index in [2.05, 4.69) is 31.4 Å². The molecule has 0 saturated heterocycles. The number of aryl methyl sites for hydroxylation is 1. The van der Waals surface area contributed by atoms with Crippen LogP contribution in [0.3, 0.4) is 0 Å². The first kappa shape index (κ1) is 12.9. The number of hydrogen-bond donors (Lipinski definition) is 2. The molecule has 0 spiro atoms. The summed E-state index contributed by atoms with van der Waals surface area (Å²) in [4.78, 5) is 12.3. The maximum atomic E-state index is 12.3. The minimum absolute atomic E-state index is 0.148. The van der Waals surface area contributed by atoms with Gasteiger partial charge in [-0.3, -0.25) is 9.89 Å². The SMILES string of the molecule is Cc1ccc(C(=O)Nc2cccc3[nH]ncc23)c(Br)c1. The topological polar surface area (TPSA) is 57.8 Å². The molecule has 5 heteroatoms. The average molecular weight is 330 g/mol. The van der Waals surface area contributed by atoms with Crippen molar-refractivity contribution >= 4 is 38.4 Å². The summed E-state index contributed by atoms with van der Waals surface area (Å²) in [5.41, 5.74) is 3.35. The number of fused-ring (bicyclic) bond motifs is 1. The van der Waals surface area contributed by atoms with Crippen molar-refractivity contribution < 1.29 is 4.79 Å². The number of nitrogens with zero attached hydrogens (tertiary/aromatic N) is 1. The normalized spacial score (nSPS) is 10.7. The van der Waals surface area contributed by atoms with E-state index in [1.165, 1.54) is 0 Å². The maximum absolute atomic E-state index is 12.3. The molecule has 0 atom stereocenters. The predicted molar refractivity (Wildman–Crippen MR) is 82.9 cm³/mol. The lowest BCUT2D eigenvalue weighted by Crippen LogP contribution is -2.12. The number of H-pyrrole nitrogens is 1. The van der Waals surface area contributed by atoms with E-state index in [9.17, 15) is 4.79 Å². The summed E-state index contributed by atoms with van der Waals surface area (Å²) in [6.45, 7) is 1.98. The Morgan fingerprint density at radius 3 is 2.95 bits per heavy atom. The van der Waals surface area contributed by atoms with Crippen LogP contribution in [0, 0.1) is 6.92 Å². The fraction of sp³-hybridized carbons (Fsp3) is 0.0667. The van der Waals surface area contributed by atoms with Gasteiger partial charge in [-0.1, -0.05) is 12.1 Å². The van der Waals surface area contributed by atoms with Gasteiger partial charge in [-0.05, 0) is 52.7 Å². The van der Waals surface area contributed by atoms with Crippen molar-refractivity contribution in [2.45, 2.75) is 6.92 Å². The molecule has 2 N–H and O–H groups in total. The maximum Gasteiger partial charge on any atom is 0.256 e. The highest BCUT2D eigenvalue weighted by Crippen LogP contribution is 2.24. The molecule has 1 heterocycles. The van der Waals surface area contributed by atoms with Gasteiger partial charge in [-0.2, -0.15) is 5.10 Å². The summed E-state index contributed by atoms with van der Waals surface area (Å²) in [5, 5.41) is 10.7. The van der Waals surface area contributed by atoms with E-state index in [4.69, 9.17) is 0 Å². The summed E-state index contributed by atoms with van der Waals surface area (Å²) in [7, 11) is 0. The molecule has 2 aromatic carbocycles. The molecule has 0 radical (unpaired) electrons. The number of hydrogen-bond acceptors (Lipinski definition) is 2. The molecule has 3 aromatic rings. The van der Waals surface area contributed by atoms with Crippen LogP contribution in [-0.4, -0.2) is 16.1 Å². The Balaban J connectivity index is 1.94. The van der Waals surface area contributed by atoms with E-state index in [0.29, 0.717) is 5.56 Å². The Morgan fingerprint density at radius 1 is 1.30 bits per heavy atom. The number of carbonyl (C=O) groups is 1. The molecular formula is C15H12BrN3O. The number of halogens is 1. The van der Waals surface area contributed by atoms with Crippen LogP contribution in [0.15, 0.2) is 47.1 Å². The number of benzene rings is 2. The smallest absolute Gasteiger partial charge is 0.256 e. The van der Waals surface area contributed by atoms with E-state index in [-0.39, 0.29) is 5.91 Å². The minimum atomic E-state index is -0.148. The molecule has 20 heavy (non-hydrogen) atoms. The van der Waals surface area contributed by atoms with E-state index in [1.807, 2.05) is 43.3 Å². The molecule has 0 bridgehead atoms. The first-order valence-electron chi connectivity index (χ1n) is 6.15. The van der Waals surface area contributed by atoms with Gasteiger partial charge in [0.1, 0.15) is 0 Å². The van der Waals surface area contributed by atoms with Gasteiger partial charge in [0.25, 0.3) is 5.91 Å². The lowest BCUT2D eigenvalue weighted by molar-refractivity contribution is 0.102. The summed E-state index contributed by atoms with van der Waals surface area (Å²) in [5.74, 6) is -0.148. The molecular weight excluding hydrogens is 318 g/mol. The van der Waals surface area contributed by atoms with Crippen LogP contribution < -0.4 is 5.32 Å². The Bertz CT molecular complexity index is 795. The fourth-order valence-electron chi connectivity index (χ4n) is 2.07. The second kappa shape index (κ2) is 5.09. The van der Waals surface area contributed by atoms with Gasteiger partial charge in [-0.15, -0.1) is 0 Å². The third kappa shape index (κ3) is 2.32. The van der Waals surface area contributed by atoms with E-state index in [0.717, 1.165) is 26.6 Å². The predicted octanol–water partition coefficient (Wildman–Crippen LogP) is 3.89. The molecule has 0 saturated carbocycles. The molecule has 100 valence electrons. The Morgan fingerprint density at radius 2 is 2.15 bits per heavy atom. The van der Waals surface area contributed by atoms with Gasteiger partial charge in [0.05, 0.1) is 23.0 Å². The number of aromatic amines is 1. The molecule has 0 unspecified atom stereocenters. The molecule has 1 aromatic heterocycles. The molecule has 1 amide bonds. The summed E-state index contributed by atoms with van der Waals surface area (Å²) >= 11 is 3.42. The average Bonchev–Trinajstić information content (AvgIpc) is 2.87. The van der Waals surface area contributed by atoms with Gasteiger partial charge >= 0.3 is 0 Å². The molecule has 3 rings (SSSR count). The third-order valence-corrected chi connectivity index (χ3v) is 3.76. The number of aromatic nitrogens is 2. The number of amides is 1. The molecule has 0 aliphatic heterocycles. The standard InChI is InChI=1S/C15H12BrN3O/c1-9-5-6-10(12(16)7-9)15(20)18-13-3-2-4-14-11(13)8-17-19-14/h2-8H,1H3,(H,17,19)(H,18,20). The van der Waals surface area contributed by atoms with Crippen LogP contribution in [0.4, 0.5) is 5.69 Å². The highest BCUT2D eigenvalue weighted by Gasteiger charge is 2.12. The van der Waals surface area contributed by atoms with Crippen molar-refractivity contribution in [2.24, 2.45) is 0 Å². The van der Waals surface area contributed by atoms with Crippen molar-refractivity contribution in [3.05, 3.63) is 58.2 Å². The van der Waals surface area contributed by atoms with Crippen LogP contribution in [-0.2, 0) is 0 Å². The second-order valence-electron chi connectivity index (χ2n) is 4.57. The highest BCUT2D eigenvalue weighted by atomic mass is 79.9. The number of carbonyl (C=O) groups excluding carboxylic acids is 1. The molecule has 0 aliphatic rings. The quantitative estimate of drug-likeness (QED) is 0.749. The Kier molecular flexibility index (Phi) is 3.28. The Labute approximate surface area is 124 Å². The molecule has 0 fully saturated rings. The summed E-state index contributed by atoms with van der Waals surface area (Å²) in [6.07, 6.45) is 1.70. The third-order valence-electron chi connectivity index (χ3n) is 3.10. The second-order valence-corrected chi connectivity index (χ2v) is 5.43. The first-order chi connectivity index (χ1) is 9.65. The lowest BCUT2D eigenvalue weighted by Gasteiger charge is -2.08. The van der Waals surface area contributed by atoms with Gasteiger partial charge in [-0.25, -0.2) is 0 Å². The number of anilines is 1. The van der Waals surface area contributed by atoms with E-state index in [1.54, 1.807) is 6.20 Å². The largest absolute Gasteiger partial charge is 0.321 e. The lowest BCUT2D eigenvalue weighted by atomic mass is 10.1. The first-order valence-corrected chi connectivity index (χ1v) is 6.94. The minimum Gasteiger partial charge on any atom is -0.321 e. The van der Waals surface area contributed by atoms with E-state index >= 15 is 0 Å². The highest BCUT2D eigenvalue weighted by molar-refractivity contribution is 9.10. The summed E-state index contributed by atoms with van der Waals surface area (Å²) in [6, 6.07) is 11.3. The van der Waals surface area contributed by atoms with Crippen molar-refractivity contribution in [1.29, 1.82) is 0 Å². The van der Waals surface area contributed by atoms with Gasteiger partial charge < -0.3 is 5.32 Å². The Hall–Kier alpha value is -2.14. The van der Waals surface area contributed by atoms with Crippen molar-refractivity contribution in [3.8, 4) is 0 Å². The van der Waals surface area contributed by atoms with E-state index < -0.39 is 0 Å². The van der Waals surface area contributed by atoms with Crippen molar-refractivity contribution in [1.82, 2.24) is 10.2 Å². The van der Waals surface area contributed by atoms with Crippen LogP contribution in [0.2, 0.25) is 0 Å². The van der Waals surface area contributed by atoms with Crippen LogP contribution in [0.1, 0.15) is 15.9 Å². The summed E-state index contributed by atoms with van der Waals surface area (Å²) < 4.78 is 0.786. The van der Waals surface area contributed by atoms with Crippen LogP contribution >= 0.6 is 15.9 Å². The molecule has 0 aliphatic carbocycles. The number of rotatable bonds is 2. The van der Waals surface area contributed by atoms with Crippen molar-refractivity contribution in [2.75, 3.05) is 5.32 Å². The molecule has 4 nitrogen and oxygen atoms in total. The zero-order chi connectivity index (χ0) is 14.1. The number of nitrogens with one attached hydrogen (secondary N) is 2. The van der Waals surface area contributed by atoms with Crippen LogP contribution in [0.5, 0.6) is 0 Å².